The quantitative estimate of drug-likeness (QED) is 0.195. The molecule has 13 heteroatoms. The molecule has 43 heavy (non-hydrogen) atoms. The van der Waals surface area contributed by atoms with Gasteiger partial charge in [-0.1, -0.05) is 61.3 Å². The van der Waals surface area contributed by atoms with Gasteiger partial charge in [-0.25, -0.2) is 9.59 Å². The number of rotatable bonds is 13. The molecular formula is C30H50N6O7. The number of alkyl carbamates (subject to hydrolysis) is 1. The Morgan fingerprint density at radius 2 is 1.65 bits per heavy atom. The van der Waals surface area contributed by atoms with Crippen molar-refractivity contribution in [2.24, 2.45) is 40.2 Å². The molecule has 0 aromatic heterocycles. The highest BCUT2D eigenvalue weighted by molar-refractivity contribution is 6.37. The zero-order valence-electron chi connectivity index (χ0n) is 26.7. The number of hydrogen-bond donors (Lipinski definition) is 5. The monoisotopic (exact) mass is 606 g/mol. The Morgan fingerprint density at radius 1 is 1.02 bits per heavy atom. The molecule has 0 spiro atoms. The zero-order valence-corrected chi connectivity index (χ0v) is 26.7. The number of nitrogens with two attached hydrogens (primary N) is 1. The number of amides is 6. The third kappa shape index (κ3) is 8.17. The number of piperidine rings is 1. The van der Waals surface area contributed by atoms with Crippen LogP contribution in [0.3, 0.4) is 0 Å². The Morgan fingerprint density at radius 3 is 2.16 bits per heavy atom. The summed E-state index contributed by atoms with van der Waals surface area (Å²) in [5.74, 6) is -2.74. The first-order valence-corrected chi connectivity index (χ1v) is 15.3. The first kappa shape index (κ1) is 34.1. The smallest absolute Gasteiger partial charge is 0.407 e. The normalized spacial score (nSPS) is 24.2. The van der Waals surface area contributed by atoms with E-state index in [-0.39, 0.29) is 35.7 Å². The lowest BCUT2D eigenvalue weighted by Gasteiger charge is -2.38. The van der Waals surface area contributed by atoms with E-state index in [1.54, 1.807) is 6.92 Å². The van der Waals surface area contributed by atoms with Crippen molar-refractivity contribution in [2.75, 3.05) is 19.7 Å². The van der Waals surface area contributed by atoms with E-state index in [1.165, 1.54) is 4.90 Å². The number of nitrogens with zero attached hydrogens (tertiary/aromatic N) is 1. The molecule has 1 saturated heterocycles. The van der Waals surface area contributed by atoms with Gasteiger partial charge in [-0.05, 0) is 47.8 Å². The highest BCUT2D eigenvalue weighted by atomic mass is 16.5. The molecule has 3 aliphatic rings. The molecule has 3 fully saturated rings. The summed E-state index contributed by atoms with van der Waals surface area (Å²) in [7, 11) is 0. The molecule has 0 bridgehead atoms. The Balaban J connectivity index is 1.77. The van der Waals surface area contributed by atoms with Gasteiger partial charge in [-0.3, -0.25) is 19.2 Å². The van der Waals surface area contributed by atoms with Gasteiger partial charge in [-0.2, -0.15) is 0 Å². The average molecular weight is 607 g/mol. The predicted molar refractivity (Wildman–Crippen MR) is 158 cm³/mol. The van der Waals surface area contributed by atoms with Crippen LogP contribution in [0.1, 0.15) is 74.7 Å². The van der Waals surface area contributed by atoms with Gasteiger partial charge in [0.25, 0.3) is 5.91 Å². The molecule has 2 aliphatic carbocycles. The fraction of sp³-hybridized carbons (Fsp3) is 0.800. The van der Waals surface area contributed by atoms with Crippen molar-refractivity contribution in [3.05, 3.63) is 0 Å². The second kappa shape index (κ2) is 13.1. The van der Waals surface area contributed by atoms with E-state index in [9.17, 15) is 28.8 Å². The van der Waals surface area contributed by atoms with Gasteiger partial charge < -0.3 is 36.6 Å². The fourth-order valence-electron chi connectivity index (χ4n) is 6.08. The molecule has 0 aromatic carbocycles. The van der Waals surface area contributed by atoms with E-state index >= 15 is 0 Å². The first-order chi connectivity index (χ1) is 19.9. The molecule has 6 N–H and O–H groups in total. The van der Waals surface area contributed by atoms with E-state index in [0.29, 0.717) is 19.5 Å². The van der Waals surface area contributed by atoms with Crippen LogP contribution in [0.4, 0.5) is 9.59 Å². The van der Waals surface area contributed by atoms with Gasteiger partial charge in [0.15, 0.2) is 0 Å². The van der Waals surface area contributed by atoms with Crippen molar-refractivity contribution in [1.82, 2.24) is 26.2 Å². The van der Waals surface area contributed by atoms with E-state index in [1.807, 2.05) is 48.5 Å². The molecule has 0 aromatic rings. The number of likely N-dealkylation sites (tertiary alicyclic amines) is 1. The Kier molecular flexibility index (Phi) is 10.4. The molecular weight excluding hydrogens is 556 g/mol. The number of hydrogen-bond acceptors (Lipinski definition) is 7. The number of urea groups is 1. The van der Waals surface area contributed by atoms with E-state index in [0.717, 1.165) is 12.8 Å². The average Bonchev–Trinajstić information content (AvgIpc) is 3.75. The van der Waals surface area contributed by atoms with Gasteiger partial charge >= 0.3 is 12.1 Å². The standard InChI is InChI=1S/C30H50N6O7/c1-9-32-28(42)43-14-19(15(2)3)34-27(41)35-23(29(4,5)6)26(40)36-13-17-20(30(17,7)8)21(36)25(39)33-18(12-16-10-11-16)22(37)24(31)38/h15-21,23H,9-14H2,1-8H3,(H2,31,38)(H,32,42)(H,33,39)(H2,34,35,41)/t17-,18?,19+,20-,21-,23+/m0/s1. The third-order valence-electron chi connectivity index (χ3n) is 9.13. The van der Waals surface area contributed by atoms with Crippen molar-refractivity contribution in [3.63, 3.8) is 0 Å². The molecule has 0 radical (unpaired) electrons. The van der Waals surface area contributed by atoms with Gasteiger partial charge in [0, 0.05) is 13.1 Å². The van der Waals surface area contributed by atoms with Crippen molar-refractivity contribution in [2.45, 2.75) is 98.8 Å². The SMILES string of the molecule is CCNC(=O)OC[C@@H](NC(=O)N[C@H](C(=O)N1C[C@H]2[C@@H]([C@H]1C(=O)NC(CC1CC1)C(=O)C(N)=O)C2(C)C)C(C)(C)C)C(C)C. The number of ether oxygens (including phenoxy) is 1. The maximum absolute atomic E-state index is 14.1. The number of fused-ring (bicyclic) bond motifs is 1. The summed E-state index contributed by atoms with van der Waals surface area (Å²) in [6.45, 7) is 15.8. The highest BCUT2D eigenvalue weighted by Crippen LogP contribution is 2.65. The topological polar surface area (TPSA) is 189 Å². The summed E-state index contributed by atoms with van der Waals surface area (Å²) in [6.07, 6.45) is 1.58. The van der Waals surface area contributed by atoms with Crippen LogP contribution < -0.4 is 27.0 Å². The summed E-state index contributed by atoms with van der Waals surface area (Å²) in [5, 5.41) is 10.9. The largest absolute Gasteiger partial charge is 0.447 e. The molecule has 242 valence electrons. The van der Waals surface area contributed by atoms with Gasteiger partial charge in [-0.15, -0.1) is 0 Å². The molecule has 13 nitrogen and oxygen atoms in total. The number of nitrogens with one attached hydrogen (secondary N) is 4. The lowest BCUT2D eigenvalue weighted by atomic mass is 9.85. The van der Waals surface area contributed by atoms with Gasteiger partial charge in [0.2, 0.25) is 17.6 Å². The van der Waals surface area contributed by atoms with Crippen LogP contribution >= 0.6 is 0 Å². The van der Waals surface area contributed by atoms with Crippen LogP contribution in [0.2, 0.25) is 0 Å². The van der Waals surface area contributed by atoms with E-state index < -0.39 is 65.2 Å². The molecule has 3 rings (SSSR count). The Hall–Kier alpha value is -3.38. The summed E-state index contributed by atoms with van der Waals surface area (Å²) in [6, 6.07) is -4.00. The molecule has 6 atom stereocenters. The molecule has 1 heterocycles. The summed E-state index contributed by atoms with van der Waals surface area (Å²) >= 11 is 0. The van der Waals surface area contributed by atoms with Gasteiger partial charge in [0.05, 0.1) is 12.1 Å². The Bertz CT molecular complexity index is 1110. The van der Waals surface area contributed by atoms with Crippen molar-refractivity contribution < 1.29 is 33.5 Å². The minimum atomic E-state index is -1.10. The number of Topliss-reactive ketones (excluding diaryl/α,β-unsaturated/α-hetero) is 1. The maximum atomic E-state index is 14.1. The third-order valence-corrected chi connectivity index (χ3v) is 9.13. The summed E-state index contributed by atoms with van der Waals surface area (Å²) in [5.41, 5.74) is 4.36. The van der Waals surface area contributed by atoms with E-state index in [2.05, 4.69) is 21.3 Å². The number of carbonyl (C=O) groups excluding carboxylic acids is 6. The van der Waals surface area contributed by atoms with Crippen molar-refractivity contribution >= 4 is 35.6 Å². The summed E-state index contributed by atoms with van der Waals surface area (Å²) in [4.78, 5) is 78.6. The summed E-state index contributed by atoms with van der Waals surface area (Å²) < 4.78 is 5.21. The maximum Gasteiger partial charge on any atom is 0.407 e. The second-order valence-electron chi connectivity index (χ2n) is 14.3. The van der Waals surface area contributed by atoms with Crippen LogP contribution in [-0.2, 0) is 23.9 Å². The fourth-order valence-corrected chi connectivity index (χ4v) is 6.08. The van der Waals surface area contributed by atoms with Crippen LogP contribution in [0.25, 0.3) is 0 Å². The van der Waals surface area contributed by atoms with Gasteiger partial charge in [0.1, 0.15) is 18.7 Å². The van der Waals surface area contributed by atoms with Crippen LogP contribution in [0, 0.1) is 34.5 Å². The minimum absolute atomic E-state index is 0.0517. The molecule has 6 amide bonds. The lowest BCUT2D eigenvalue weighted by molar-refractivity contribution is -0.145. The minimum Gasteiger partial charge on any atom is -0.447 e. The molecule has 2 saturated carbocycles. The Labute approximate surface area is 254 Å². The van der Waals surface area contributed by atoms with Crippen LogP contribution in [-0.4, -0.2) is 84.4 Å². The van der Waals surface area contributed by atoms with Crippen molar-refractivity contribution in [1.29, 1.82) is 0 Å². The molecule has 1 aliphatic heterocycles. The number of primary amides is 1. The highest BCUT2D eigenvalue weighted by Gasteiger charge is 2.70. The zero-order chi connectivity index (χ0) is 32.4. The lowest BCUT2D eigenvalue weighted by Crippen LogP contribution is -2.62. The van der Waals surface area contributed by atoms with Crippen molar-refractivity contribution in [3.8, 4) is 0 Å². The predicted octanol–water partition coefficient (Wildman–Crippen LogP) is 1.29. The number of carbonyl (C=O) groups is 6. The number of ketones is 1. The van der Waals surface area contributed by atoms with Crippen LogP contribution in [0.5, 0.6) is 0 Å². The van der Waals surface area contributed by atoms with Crippen LogP contribution in [0.15, 0.2) is 0 Å². The van der Waals surface area contributed by atoms with E-state index in [4.69, 9.17) is 10.5 Å². The second-order valence-corrected chi connectivity index (χ2v) is 14.3. The molecule has 1 unspecified atom stereocenters. The first-order valence-electron chi connectivity index (χ1n) is 15.3.